The molecule has 0 spiro atoms. The summed E-state index contributed by atoms with van der Waals surface area (Å²) in [7, 11) is 0. The zero-order valence-electron chi connectivity index (χ0n) is 12.7. The molecule has 1 aliphatic rings. The third kappa shape index (κ3) is 4.99. The van der Waals surface area contributed by atoms with Crippen molar-refractivity contribution in [3.63, 3.8) is 0 Å². The highest BCUT2D eigenvalue weighted by Crippen LogP contribution is 2.41. The van der Waals surface area contributed by atoms with Crippen LogP contribution in [0.25, 0.3) is 0 Å². The van der Waals surface area contributed by atoms with E-state index in [0.717, 1.165) is 32.1 Å². The van der Waals surface area contributed by atoms with E-state index >= 15 is 0 Å². The molecule has 0 saturated heterocycles. The summed E-state index contributed by atoms with van der Waals surface area (Å²) in [5.41, 5.74) is 0.252. The van der Waals surface area contributed by atoms with Gasteiger partial charge in [0, 0.05) is 6.42 Å². The maximum atomic E-state index is 11.9. The summed E-state index contributed by atoms with van der Waals surface area (Å²) < 4.78 is 0. The Balaban J connectivity index is 2.72. The quantitative estimate of drug-likeness (QED) is 0.774. The van der Waals surface area contributed by atoms with Gasteiger partial charge in [-0.15, -0.1) is 17.8 Å². The Bertz CT molecular complexity index is 429. The van der Waals surface area contributed by atoms with Crippen LogP contribution in [-0.4, -0.2) is 11.4 Å². The van der Waals surface area contributed by atoms with Crippen molar-refractivity contribution in [3.05, 3.63) is 0 Å². The van der Waals surface area contributed by atoms with E-state index in [1.54, 1.807) is 6.92 Å². The molecular weight excluding hydrogens is 234 g/mol. The van der Waals surface area contributed by atoms with Gasteiger partial charge in [-0.2, -0.15) is 0 Å². The van der Waals surface area contributed by atoms with E-state index in [4.69, 9.17) is 0 Å². The Kier molecular flexibility index (Phi) is 5.49. The van der Waals surface area contributed by atoms with Crippen LogP contribution in [0.15, 0.2) is 0 Å². The molecule has 0 heterocycles. The molecule has 0 bridgehead atoms. The molecule has 2 nitrogen and oxygen atoms in total. The minimum absolute atomic E-state index is 0.0342. The van der Waals surface area contributed by atoms with Crippen molar-refractivity contribution in [2.24, 2.45) is 5.41 Å². The van der Waals surface area contributed by atoms with Crippen molar-refractivity contribution in [2.45, 2.75) is 71.8 Å². The van der Waals surface area contributed by atoms with Gasteiger partial charge in [-0.05, 0) is 44.9 Å². The molecule has 0 aromatic carbocycles. The zero-order valence-corrected chi connectivity index (χ0v) is 12.7. The SMILES string of the molecule is CC#CCC(=O)NC1(CC#CC)CCC(C)(C)CC1. The van der Waals surface area contributed by atoms with Gasteiger partial charge in [-0.25, -0.2) is 0 Å². The van der Waals surface area contributed by atoms with Crippen molar-refractivity contribution in [1.82, 2.24) is 5.32 Å². The number of amides is 1. The largest absolute Gasteiger partial charge is 0.349 e. The monoisotopic (exact) mass is 259 g/mol. The number of hydrogen-bond donors (Lipinski definition) is 1. The van der Waals surface area contributed by atoms with Gasteiger partial charge >= 0.3 is 0 Å². The van der Waals surface area contributed by atoms with Crippen LogP contribution in [0.5, 0.6) is 0 Å². The topological polar surface area (TPSA) is 29.1 Å². The van der Waals surface area contributed by atoms with Gasteiger partial charge < -0.3 is 5.32 Å². The molecule has 0 unspecified atom stereocenters. The maximum absolute atomic E-state index is 11.9. The van der Waals surface area contributed by atoms with Crippen LogP contribution >= 0.6 is 0 Å². The fourth-order valence-electron chi connectivity index (χ4n) is 2.52. The Hall–Kier alpha value is -1.41. The van der Waals surface area contributed by atoms with Crippen LogP contribution in [0.4, 0.5) is 0 Å². The van der Waals surface area contributed by atoms with Gasteiger partial charge in [-0.1, -0.05) is 19.8 Å². The van der Waals surface area contributed by atoms with Crippen molar-refractivity contribution in [3.8, 4) is 23.7 Å². The van der Waals surface area contributed by atoms with Gasteiger partial charge in [0.05, 0.1) is 12.0 Å². The van der Waals surface area contributed by atoms with Crippen LogP contribution in [0.3, 0.4) is 0 Å². The van der Waals surface area contributed by atoms with Crippen LogP contribution in [-0.2, 0) is 4.79 Å². The molecule has 0 aromatic heterocycles. The lowest BCUT2D eigenvalue weighted by molar-refractivity contribution is -0.122. The predicted molar refractivity (Wildman–Crippen MR) is 79.3 cm³/mol. The third-order valence-corrected chi connectivity index (χ3v) is 3.99. The summed E-state index contributed by atoms with van der Waals surface area (Å²) in [6.45, 7) is 8.21. The number of nitrogens with one attached hydrogen (secondary N) is 1. The minimum atomic E-state index is -0.134. The van der Waals surface area contributed by atoms with Crippen molar-refractivity contribution in [1.29, 1.82) is 0 Å². The lowest BCUT2D eigenvalue weighted by Crippen LogP contribution is -2.51. The minimum Gasteiger partial charge on any atom is -0.349 e. The summed E-state index contributed by atoms with van der Waals surface area (Å²) in [6, 6.07) is 0. The van der Waals surface area contributed by atoms with Crippen LogP contribution in [0.2, 0.25) is 0 Å². The first-order valence-corrected chi connectivity index (χ1v) is 7.03. The van der Waals surface area contributed by atoms with E-state index in [1.165, 1.54) is 0 Å². The van der Waals surface area contributed by atoms with E-state index in [9.17, 15) is 4.79 Å². The third-order valence-electron chi connectivity index (χ3n) is 3.99. The first-order valence-electron chi connectivity index (χ1n) is 7.03. The molecule has 1 saturated carbocycles. The van der Waals surface area contributed by atoms with Crippen molar-refractivity contribution < 1.29 is 4.79 Å². The normalized spacial score (nSPS) is 19.4. The molecule has 2 heteroatoms. The zero-order chi connectivity index (χ0) is 14.4. The van der Waals surface area contributed by atoms with E-state index in [0.29, 0.717) is 11.8 Å². The lowest BCUT2D eigenvalue weighted by atomic mass is 9.68. The molecule has 0 atom stereocenters. The summed E-state index contributed by atoms with van der Waals surface area (Å²) in [5, 5.41) is 3.20. The molecule has 1 rings (SSSR count). The van der Waals surface area contributed by atoms with Gasteiger partial charge in [-0.3, -0.25) is 4.79 Å². The maximum Gasteiger partial charge on any atom is 0.232 e. The number of hydrogen-bond acceptors (Lipinski definition) is 1. The molecule has 0 radical (unpaired) electrons. The summed E-state index contributed by atoms with van der Waals surface area (Å²) in [4.78, 5) is 11.9. The molecule has 19 heavy (non-hydrogen) atoms. The highest BCUT2D eigenvalue weighted by molar-refractivity contribution is 5.79. The second-order valence-electron chi connectivity index (χ2n) is 6.20. The van der Waals surface area contributed by atoms with Gasteiger partial charge in [0.2, 0.25) is 5.91 Å². The molecule has 0 aliphatic heterocycles. The molecule has 104 valence electrons. The smallest absolute Gasteiger partial charge is 0.232 e. The first-order chi connectivity index (χ1) is 8.93. The predicted octanol–water partition coefficient (Wildman–Crippen LogP) is 3.27. The Morgan fingerprint density at radius 3 is 2.16 bits per heavy atom. The van der Waals surface area contributed by atoms with Gasteiger partial charge in [0.1, 0.15) is 0 Å². The van der Waals surface area contributed by atoms with E-state index < -0.39 is 0 Å². The molecule has 1 aliphatic carbocycles. The summed E-state index contributed by atoms with van der Waals surface area (Å²) >= 11 is 0. The number of carbonyl (C=O) groups is 1. The van der Waals surface area contributed by atoms with Crippen LogP contribution < -0.4 is 5.32 Å². The van der Waals surface area contributed by atoms with Gasteiger partial charge in [0.25, 0.3) is 0 Å². The summed E-state index contributed by atoms with van der Waals surface area (Å²) in [5.74, 6) is 11.7. The van der Waals surface area contributed by atoms with E-state index in [2.05, 4.69) is 42.8 Å². The average Bonchev–Trinajstić information content (AvgIpc) is 2.37. The Morgan fingerprint density at radius 1 is 1.05 bits per heavy atom. The molecular formula is C17H25NO. The Labute approximate surface area is 117 Å². The second-order valence-corrected chi connectivity index (χ2v) is 6.20. The summed E-state index contributed by atoms with van der Waals surface area (Å²) in [6.07, 6.45) is 5.35. The van der Waals surface area contributed by atoms with E-state index in [1.807, 2.05) is 6.92 Å². The highest BCUT2D eigenvalue weighted by atomic mass is 16.1. The standard InChI is InChI=1S/C17H25NO/c1-5-7-9-15(19)18-17(10-8-6-2)13-11-16(3,4)12-14-17/h9-14H2,1-4H3,(H,18,19). The Morgan fingerprint density at radius 2 is 1.63 bits per heavy atom. The van der Waals surface area contributed by atoms with Crippen molar-refractivity contribution in [2.75, 3.05) is 0 Å². The van der Waals surface area contributed by atoms with Crippen LogP contribution in [0.1, 0.15) is 66.2 Å². The molecule has 1 amide bonds. The second kappa shape index (κ2) is 6.67. The van der Waals surface area contributed by atoms with Crippen LogP contribution in [0, 0.1) is 29.1 Å². The average molecular weight is 259 g/mol. The van der Waals surface area contributed by atoms with Crippen molar-refractivity contribution >= 4 is 5.91 Å². The number of carbonyl (C=O) groups excluding carboxylic acids is 1. The highest BCUT2D eigenvalue weighted by Gasteiger charge is 2.38. The number of rotatable bonds is 3. The first kappa shape index (κ1) is 15.6. The molecule has 0 aromatic rings. The fourth-order valence-corrected chi connectivity index (χ4v) is 2.52. The van der Waals surface area contributed by atoms with E-state index in [-0.39, 0.29) is 11.4 Å². The molecule has 1 N–H and O–H groups in total. The van der Waals surface area contributed by atoms with Gasteiger partial charge in [0.15, 0.2) is 0 Å². The fraction of sp³-hybridized carbons (Fsp3) is 0.706. The molecule has 1 fully saturated rings. The lowest BCUT2D eigenvalue weighted by Gasteiger charge is -2.43.